The molecule has 23 heavy (non-hydrogen) atoms. The molecule has 2 heteroatoms. The molecule has 2 nitrogen and oxygen atoms in total. The average molecular weight is 300 g/mol. The highest BCUT2D eigenvalue weighted by Crippen LogP contribution is 2.34. The number of aryl methyl sites for hydroxylation is 3. The lowest BCUT2D eigenvalue weighted by molar-refractivity contribution is 1.01. The summed E-state index contributed by atoms with van der Waals surface area (Å²) in [6.45, 7) is 6.53. The molecule has 0 atom stereocenters. The lowest BCUT2D eigenvalue weighted by Gasteiger charge is -2.11. The molecule has 2 aromatic heterocycles. The molecule has 0 bridgehead atoms. The topological polar surface area (TPSA) is 17.8 Å². The van der Waals surface area contributed by atoms with Crippen molar-refractivity contribution in [1.29, 1.82) is 0 Å². The highest BCUT2D eigenvalue weighted by molar-refractivity contribution is 6.11. The molecular weight excluding hydrogens is 280 g/mol. The molecule has 2 heterocycles. The third kappa shape index (κ3) is 1.98. The molecule has 4 aromatic rings. The van der Waals surface area contributed by atoms with Gasteiger partial charge in [-0.3, -0.25) is 4.98 Å². The number of benzene rings is 2. The third-order valence-electron chi connectivity index (χ3n) is 5.02. The van der Waals surface area contributed by atoms with Crippen LogP contribution in [0.3, 0.4) is 0 Å². The van der Waals surface area contributed by atoms with Crippen molar-refractivity contribution < 1.29 is 0 Å². The van der Waals surface area contributed by atoms with Crippen LogP contribution in [0.25, 0.3) is 33.1 Å². The number of nitrogens with zero attached hydrogens (tertiary/aromatic N) is 2. The van der Waals surface area contributed by atoms with Crippen molar-refractivity contribution in [3.63, 3.8) is 0 Å². The summed E-state index contributed by atoms with van der Waals surface area (Å²) in [5.41, 5.74) is 8.70. The molecule has 2 aromatic carbocycles. The SMILES string of the molecule is Cc1cc(-c2nccc3c4ccccc4n(C)c23)cc(C)c1C. The van der Waals surface area contributed by atoms with Gasteiger partial charge in [-0.15, -0.1) is 0 Å². The van der Waals surface area contributed by atoms with E-state index in [-0.39, 0.29) is 0 Å². The third-order valence-corrected chi connectivity index (χ3v) is 5.02. The summed E-state index contributed by atoms with van der Waals surface area (Å²) in [4.78, 5) is 4.72. The van der Waals surface area contributed by atoms with Crippen molar-refractivity contribution in [2.45, 2.75) is 20.8 Å². The van der Waals surface area contributed by atoms with Crippen LogP contribution in [-0.2, 0) is 7.05 Å². The molecule has 0 unspecified atom stereocenters. The van der Waals surface area contributed by atoms with E-state index in [1.54, 1.807) is 0 Å². The summed E-state index contributed by atoms with van der Waals surface area (Å²) in [5.74, 6) is 0. The molecule has 0 amide bonds. The maximum Gasteiger partial charge on any atom is 0.0945 e. The van der Waals surface area contributed by atoms with Gasteiger partial charge < -0.3 is 4.57 Å². The van der Waals surface area contributed by atoms with Crippen LogP contribution in [0.2, 0.25) is 0 Å². The van der Waals surface area contributed by atoms with E-state index in [2.05, 4.69) is 74.9 Å². The van der Waals surface area contributed by atoms with Gasteiger partial charge in [-0.1, -0.05) is 18.2 Å². The van der Waals surface area contributed by atoms with Gasteiger partial charge >= 0.3 is 0 Å². The fourth-order valence-corrected chi connectivity index (χ4v) is 3.51. The van der Waals surface area contributed by atoms with E-state index < -0.39 is 0 Å². The van der Waals surface area contributed by atoms with Crippen molar-refractivity contribution in [3.8, 4) is 11.3 Å². The number of pyridine rings is 1. The fraction of sp³-hybridized carbons (Fsp3) is 0.190. The minimum Gasteiger partial charge on any atom is -0.342 e. The first-order chi connectivity index (χ1) is 11.1. The Bertz CT molecular complexity index is 1030. The van der Waals surface area contributed by atoms with Gasteiger partial charge in [0.2, 0.25) is 0 Å². The molecule has 0 radical (unpaired) electrons. The van der Waals surface area contributed by atoms with Gasteiger partial charge in [0.15, 0.2) is 0 Å². The molecule has 0 fully saturated rings. The molecule has 0 spiro atoms. The second-order valence-electron chi connectivity index (χ2n) is 6.37. The summed E-state index contributed by atoms with van der Waals surface area (Å²) in [5, 5.41) is 2.55. The van der Waals surface area contributed by atoms with E-state index in [1.807, 2.05) is 6.20 Å². The van der Waals surface area contributed by atoms with Gasteiger partial charge in [0, 0.05) is 35.1 Å². The molecule has 0 saturated heterocycles. The van der Waals surface area contributed by atoms with Crippen LogP contribution in [0.4, 0.5) is 0 Å². The van der Waals surface area contributed by atoms with E-state index >= 15 is 0 Å². The zero-order chi connectivity index (χ0) is 16.1. The number of para-hydroxylation sites is 1. The Morgan fingerprint density at radius 1 is 0.870 bits per heavy atom. The zero-order valence-electron chi connectivity index (χ0n) is 14.0. The maximum atomic E-state index is 4.72. The Labute approximate surface area is 136 Å². The highest BCUT2D eigenvalue weighted by Gasteiger charge is 2.14. The van der Waals surface area contributed by atoms with Crippen molar-refractivity contribution in [1.82, 2.24) is 9.55 Å². The maximum absolute atomic E-state index is 4.72. The van der Waals surface area contributed by atoms with Crippen LogP contribution in [0.5, 0.6) is 0 Å². The Morgan fingerprint density at radius 3 is 2.30 bits per heavy atom. The average Bonchev–Trinajstić information content (AvgIpc) is 2.86. The van der Waals surface area contributed by atoms with Gasteiger partial charge in [-0.2, -0.15) is 0 Å². The normalized spacial score (nSPS) is 11.5. The fourth-order valence-electron chi connectivity index (χ4n) is 3.51. The van der Waals surface area contributed by atoms with Crippen LogP contribution in [0.15, 0.2) is 48.7 Å². The monoisotopic (exact) mass is 300 g/mol. The van der Waals surface area contributed by atoms with Gasteiger partial charge in [-0.25, -0.2) is 0 Å². The predicted octanol–water partition coefficient (Wildman–Crippen LogP) is 5.32. The van der Waals surface area contributed by atoms with E-state index in [4.69, 9.17) is 4.98 Å². The van der Waals surface area contributed by atoms with Crippen LogP contribution in [0, 0.1) is 20.8 Å². The Hall–Kier alpha value is -2.61. The minimum absolute atomic E-state index is 1.06. The van der Waals surface area contributed by atoms with Crippen molar-refractivity contribution in [2.24, 2.45) is 7.05 Å². The van der Waals surface area contributed by atoms with E-state index in [9.17, 15) is 0 Å². The molecule has 0 aliphatic heterocycles. The predicted molar refractivity (Wildman–Crippen MR) is 97.9 cm³/mol. The molecular formula is C21H20N2. The van der Waals surface area contributed by atoms with Crippen molar-refractivity contribution in [2.75, 3.05) is 0 Å². The van der Waals surface area contributed by atoms with Crippen molar-refractivity contribution in [3.05, 3.63) is 65.4 Å². The second-order valence-corrected chi connectivity index (χ2v) is 6.37. The Balaban J connectivity index is 2.13. The quantitative estimate of drug-likeness (QED) is 0.465. The van der Waals surface area contributed by atoms with E-state index in [0.29, 0.717) is 0 Å². The van der Waals surface area contributed by atoms with Crippen LogP contribution in [-0.4, -0.2) is 9.55 Å². The van der Waals surface area contributed by atoms with E-state index in [1.165, 1.54) is 44.1 Å². The number of aromatic nitrogens is 2. The zero-order valence-corrected chi connectivity index (χ0v) is 14.0. The van der Waals surface area contributed by atoms with Crippen LogP contribution in [0.1, 0.15) is 16.7 Å². The molecule has 0 aliphatic carbocycles. The summed E-state index contributed by atoms with van der Waals surface area (Å²) in [7, 11) is 2.13. The lowest BCUT2D eigenvalue weighted by atomic mass is 9.98. The Kier molecular flexibility index (Phi) is 3.02. The van der Waals surface area contributed by atoms with Crippen molar-refractivity contribution >= 4 is 21.8 Å². The first kappa shape index (κ1) is 14.0. The van der Waals surface area contributed by atoms with E-state index in [0.717, 1.165) is 5.69 Å². The van der Waals surface area contributed by atoms with Crippen LogP contribution >= 0.6 is 0 Å². The van der Waals surface area contributed by atoms with Gasteiger partial charge in [0.1, 0.15) is 0 Å². The van der Waals surface area contributed by atoms with Gasteiger partial charge in [0.25, 0.3) is 0 Å². The molecule has 0 aliphatic rings. The number of fused-ring (bicyclic) bond motifs is 3. The Morgan fingerprint density at radius 2 is 1.57 bits per heavy atom. The largest absolute Gasteiger partial charge is 0.342 e. The first-order valence-corrected chi connectivity index (χ1v) is 7.98. The standard InChI is InChI=1S/C21H20N2/c1-13-11-16(12-14(2)15(13)3)20-21-18(9-10-22-20)17-7-5-6-8-19(17)23(21)4/h5-12H,1-4H3. The van der Waals surface area contributed by atoms with Gasteiger partial charge in [0.05, 0.1) is 11.2 Å². The number of rotatable bonds is 1. The minimum atomic E-state index is 1.06. The highest BCUT2D eigenvalue weighted by atomic mass is 15.0. The summed E-state index contributed by atoms with van der Waals surface area (Å²) < 4.78 is 2.26. The molecule has 0 saturated carbocycles. The van der Waals surface area contributed by atoms with Crippen LogP contribution < -0.4 is 0 Å². The summed E-state index contributed by atoms with van der Waals surface area (Å²) >= 11 is 0. The number of hydrogen-bond donors (Lipinski definition) is 0. The molecule has 114 valence electrons. The lowest BCUT2D eigenvalue weighted by Crippen LogP contribution is -1.94. The smallest absolute Gasteiger partial charge is 0.0945 e. The molecule has 4 rings (SSSR count). The first-order valence-electron chi connectivity index (χ1n) is 7.98. The van der Waals surface area contributed by atoms with Gasteiger partial charge in [-0.05, 0) is 61.7 Å². The second kappa shape index (κ2) is 4.95. The summed E-state index contributed by atoms with van der Waals surface area (Å²) in [6.07, 6.45) is 1.93. The molecule has 0 N–H and O–H groups in total. The summed E-state index contributed by atoms with van der Waals surface area (Å²) in [6, 6.07) is 15.2. The number of hydrogen-bond acceptors (Lipinski definition) is 1.